The van der Waals surface area contributed by atoms with Crippen molar-refractivity contribution in [2.45, 2.75) is 11.5 Å². The predicted octanol–water partition coefficient (Wildman–Crippen LogP) is 4.76. The van der Waals surface area contributed by atoms with Crippen LogP contribution < -0.4 is 9.46 Å². The Bertz CT molecular complexity index is 958. The minimum atomic E-state index is -3.79. The predicted molar refractivity (Wildman–Crippen MR) is 95.8 cm³/mol. The van der Waals surface area contributed by atoms with Crippen LogP contribution >= 0.6 is 0 Å². The summed E-state index contributed by atoms with van der Waals surface area (Å²) in [6.45, 7) is -2.93. The van der Waals surface area contributed by atoms with Crippen LogP contribution in [0.2, 0.25) is 0 Å². The number of alkyl halides is 2. The maximum atomic E-state index is 12.4. The second-order valence-corrected chi connectivity index (χ2v) is 7.08. The smallest absolute Gasteiger partial charge is 0.387 e. The summed E-state index contributed by atoms with van der Waals surface area (Å²) in [5.41, 5.74) is 2.14. The van der Waals surface area contributed by atoms with E-state index in [4.69, 9.17) is 0 Å². The highest BCUT2D eigenvalue weighted by atomic mass is 32.2. The highest BCUT2D eigenvalue weighted by molar-refractivity contribution is 7.92. The number of ether oxygens (including phenoxy) is 1. The van der Waals surface area contributed by atoms with Gasteiger partial charge in [0.25, 0.3) is 10.0 Å². The maximum absolute atomic E-state index is 12.4. The minimum absolute atomic E-state index is 0.0461. The zero-order valence-corrected chi connectivity index (χ0v) is 14.3. The van der Waals surface area contributed by atoms with Crippen LogP contribution in [0.25, 0.3) is 11.1 Å². The molecule has 3 rings (SSSR count). The molecule has 1 N–H and O–H groups in total. The van der Waals surface area contributed by atoms with Gasteiger partial charge in [-0.05, 0) is 47.5 Å². The van der Waals surface area contributed by atoms with E-state index in [1.165, 1.54) is 36.4 Å². The molecule has 0 saturated carbocycles. The molecule has 0 unspecified atom stereocenters. The number of sulfonamides is 1. The van der Waals surface area contributed by atoms with Gasteiger partial charge in [-0.2, -0.15) is 8.78 Å². The summed E-state index contributed by atoms with van der Waals surface area (Å²) in [6.07, 6.45) is 0. The van der Waals surface area contributed by atoms with Crippen LogP contribution in [-0.4, -0.2) is 15.0 Å². The lowest BCUT2D eigenvalue weighted by Gasteiger charge is -2.10. The molecule has 0 spiro atoms. The normalized spacial score (nSPS) is 11.3. The third-order valence-corrected chi connectivity index (χ3v) is 5.00. The second kappa shape index (κ2) is 7.53. The molecule has 4 nitrogen and oxygen atoms in total. The van der Waals surface area contributed by atoms with Crippen molar-refractivity contribution >= 4 is 15.7 Å². The fourth-order valence-corrected chi connectivity index (χ4v) is 3.43. The summed E-state index contributed by atoms with van der Waals surface area (Å²) in [7, 11) is -3.79. The molecule has 26 heavy (non-hydrogen) atoms. The highest BCUT2D eigenvalue weighted by Crippen LogP contribution is 2.23. The molecule has 0 radical (unpaired) electrons. The molecule has 0 aromatic heterocycles. The lowest BCUT2D eigenvalue weighted by Crippen LogP contribution is -2.12. The molecule has 0 aliphatic carbocycles. The quantitative estimate of drug-likeness (QED) is 0.676. The van der Waals surface area contributed by atoms with Gasteiger partial charge in [-0.3, -0.25) is 4.72 Å². The van der Waals surface area contributed by atoms with Crippen molar-refractivity contribution in [1.82, 2.24) is 0 Å². The van der Waals surface area contributed by atoms with Gasteiger partial charge in [0.15, 0.2) is 0 Å². The SMILES string of the molecule is O=S(=O)(Nc1ccc(OC(F)F)cc1)c1ccc(-c2ccccc2)cc1. The maximum Gasteiger partial charge on any atom is 0.387 e. The number of anilines is 1. The average molecular weight is 375 g/mol. The van der Waals surface area contributed by atoms with E-state index >= 15 is 0 Å². The Morgan fingerprint density at radius 2 is 1.35 bits per heavy atom. The van der Waals surface area contributed by atoms with Gasteiger partial charge in [-0.25, -0.2) is 8.42 Å². The first-order chi connectivity index (χ1) is 12.4. The third kappa shape index (κ3) is 4.37. The van der Waals surface area contributed by atoms with Crippen LogP contribution in [0, 0.1) is 0 Å². The van der Waals surface area contributed by atoms with Gasteiger partial charge in [-0.15, -0.1) is 0 Å². The van der Waals surface area contributed by atoms with E-state index in [1.807, 2.05) is 30.3 Å². The summed E-state index contributed by atoms with van der Waals surface area (Å²) in [4.78, 5) is 0.102. The van der Waals surface area contributed by atoms with E-state index in [0.29, 0.717) is 0 Å². The number of halogens is 2. The van der Waals surface area contributed by atoms with Gasteiger partial charge < -0.3 is 4.74 Å². The molecule has 0 fully saturated rings. The molecule has 0 saturated heterocycles. The average Bonchev–Trinajstić information content (AvgIpc) is 2.64. The van der Waals surface area contributed by atoms with E-state index in [0.717, 1.165) is 11.1 Å². The summed E-state index contributed by atoms with van der Waals surface area (Å²) < 4.78 is 55.8. The first-order valence-corrected chi connectivity index (χ1v) is 9.15. The van der Waals surface area contributed by atoms with E-state index in [9.17, 15) is 17.2 Å². The third-order valence-electron chi connectivity index (χ3n) is 3.60. The van der Waals surface area contributed by atoms with Crippen LogP contribution in [0.3, 0.4) is 0 Å². The molecule has 7 heteroatoms. The van der Waals surface area contributed by atoms with Crippen LogP contribution in [0.1, 0.15) is 0 Å². The molecule has 0 atom stereocenters. The molecule has 3 aromatic rings. The number of nitrogens with one attached hydrogen (secondary N) is 1. The number of hydrogen-bond donors (Lipinski definition) is 1. The van der Waals surface area contributed by atoms with Crippen molar-refractivity contribution in [3.63, 3.8) is 0 Å². The monoisotopic (exact) mass is 375 g/mol. The molecular weight excluding hydrogens is 360 g/mol. The Hall–Kier alpha value is -2.93. The first kappa shape index (κ1) is 17.9. The van der Waals surface area contributed by atoms with Crippen molar-refractivity contribution in [3.05, 3.63) is 78.9 Å². The Kier molecular flexibility index (Phi) is 5.18. The highest BCUT2D eigenvalue weighted by Gasteiger charge is 2.14. The van der Waals surface area contributed by atoms with Crippen LogP contribution in [0.5, 0.6) is 5.75 Å². The van der Waals surface area contributed by atoms with E-state index in [2.05, 4.69) is 9.46 Å². The van der Waals surface area contributed by atoms with Crippen LogP contribution in [-0.2, 0) is 10.0 Å². The molecule has 134 valence electrons. The van der Waals surface area contributed by atoms with Crippen molar-refractivity contribution < 1.29 is 21.9 Å². The second-order valence-electron chi connectivity index (χ2n) is 5.40. The Morgan fingerprint density at radius 1 is 0.769 bits per heavy atom. The van der Waals surface area contributed by atoms with Gasteiger partial charge in [0.1, 0.15) is 5.75 Å². The number of hydrogen-bond acceptors (Lipinski definition) is 3. The van der Waals surface area contributed by atoms with Crippen LogP contribution in [0.4, 0.5) is 14.5 Å². The standard InChI is InChI=1S/C19H15F2NO3S/c20-19(21)25-17-10-8-16(9-11-17)22-26(23,24)18-12-6-15(7-13-18)14-4-2-1-3-5-14/h1-13,19,22H. The van der Waals surface area contributed by atoms with Crippen LogP contribution in [0.15, 0.2) is 83.8 Å². The van der Waals surface area contributed by atoms with E-state index in [-0.39, 0.29) is 16.3 Å². The molecule has 0 aliphatic rings. The number of rotatable bonds is 6. The lowest BCUT2D eigenvalue weighted by atomic mass is 10.1. The van der Waals surface area contributed by atoms with Crippen molar-refractivity contribution in [2.24, 2.45) is 0 Å². The molecule has 0 amide bonds. The summed E-state index contributed by atoms with van der Waals surface area (Å²) in [6, 6.07) is 21.3. The van der Waals surface area contributed by atoms with Gasteiger partial charge in [0.2, 0.25) is 0 Å². The lowest BCUT2D eigenvalue weighted by molar-refractivity contribution is -0.0498. The fourth-order valence-electron chi connectivity index (χ4n) is 2.38. The molecule has 0 aliphatic heterocycles. The largest absolute Gasteiger partial charge is 0.435 e. The number of benzene rings is 3. The van der Waals surface area contributed by atoms with Crippen molar-refractivity contribution in [3.8, 4) is 16.9 Å². The zero-order chi connectivity index (χ0) is 18.6. The minimum Gasteiger partial charge on any atom is -0.435 e. The van der Waals surface area contributed by atoms with Gasteiger partial charge in [0, 0.05) is 5.69 Å². The summed E-state index contributed by atoms with van der Waals surface area (Å²) in [5.74, 6) is -0.0461. The first-order valence-electron chi connectivity index (χ1n) is 7.67. The molecular formula is C19H15F2NO3S. The Balaban J connectivity index is 1.75. The van der Waals surface area contributed by atoms with Gasteiger partial charge in [0.05, 0.1) is 4.90 Å². The van der Waals surface area contributed by atoms with Gasteiger partial charge >= 0.3 is 6.61 Å². The Labute approximate surface area is 150 Å². The van der Waals surface area contributed by atoms with E-state index in [1.54, 1.807) is 12.1 Å². The topological polar surface area (TPSA) is 55.4 Å². The molecule has 0 bridgehead atoms. The fraction of sp³-hybridized carbons (Fsp3) is 0.0526. The molecule has 0 heterocycles. The summed E-state index contributed by atoms with van der Waals surface area (Å²) in [5, 5.41) is 0. The van der Waals surface area contributed by atoms with Crippen molar-refractivity contribution in [2.75, 3.05) is 4.72 Å². The zero-order valence-electron chi connectivity index (χ0n) is 13.5. The molecule has 3 aromatic carbocycles. The summed E-state index contributed by atoms with van der Waals surface area (Å²) >= 11 is 0. The Morgan fingerprint density at radius 3 is 1.92 bits per heavy atom. The van der Waals surface area contributed by atoms with Gasteiger partial charge in [-0.1, -0.05) is 42.5 Å². The van der Waals surface area contributed by atoms with E-state index < -0.39 is 16.6 Å². The van der Waals surface area contributed by atoms with Crippen molar-refractivity contribution in [1.29, 1.82) is 0 Å².